The number of nitrogens with zero attached hydrogens (tertiary/aromatic N) is 3. The predicted octanol–water partition coefficient (Wildman–Crippen LogP) is 1.73. The van der Waals surface area contributed by atoms with E-state index in [9.17, 15) is 10.1 Å². The number of nitrogen functional groups attached to an aromatic ring is 1. The molecule has 0 saturated heterocycles. The monoisotopic (exact) mass is 234 g/mol. The molecule has 0 fully saturated rings. The Bertz CT molecular complexity index is 484. The lowest BCUT2D eigenvalue weighted by atomic mass is 10.1. The molecule has 0 aromatic carbocycles. The number of pyridine rings is 1. The van der Waals surface area contributed by atoms with Gasteiger partial charge in [-0.3, -0.25) is 10.1 Å². The molecule has 1 aromatic rings. The van der Waals surface area contributed by atoms with Gasteiger partial charge >= 0.3 is 5.69 Å². The van der Waals surface area contributed by atoms with Crippen LogP contribution in [0.1, 0.15) is 13.3 Å². The zero-order valence-corrected chi connectivity index (χ0v) is 9.59. The molecule has 0 bridgehead atoms. The molecule has 2 rings (SSSR count). The van der Waals surface area contributed by atoms with Gasteiger partial charge < -0.3 is 10.6 Å². The largest absolute Gasteiger partial charge is 0.378 e. The Kier molecular flexibility index (Phi) is 2.95. The van der Waals surface area contributed by atoms with E-state index in [-0.39, 0.29) is 11.5 Å². The van der Waals surface area contributed by atoms with Gasteiger partial charge in [0.15, 0.2) is 0 Å². The summed E-state index contributed by atoms with van der Waals surface area (Å²) in [6.45, 7) is 3.72. The minimum atomic E-state index is -0.520. The number of rotatable bonds is 2. The van der Waals surface area contributed by atoms with Gasteiger partial charge in [0.05, 0.1) is 4.92 Å². The van der Waals surface area contributed by atoms with Crippen LogP contribution in [0.25, 0.3) is 0 Å². The molecule has 17 heavy (non-hydrogen) atoms. The van der Waals surface area contributed by atoms with Gasteiger partial charge in [-0.2, -0.15) is 0 Å². The second-order valence-corrected chi connectivity index (χ2v) is 4.09. The summed E-state index contributed by atoms with van der Waals surface area (Å²) in [4.78, 5) is 16.3. The van der Waals surface area contributed by atoms with Crippen molar-refractivity contribution in [2.75, 3.05) is 23.7 Å². The van der Waals surface area contributed by atoms with Crippen molar-refractivity contribution in [1.29, 1.82) is 0 Å². The summed E-state index contributed by atoms with van der Waals surface area (Å²) in [6, 6.07) is 3.05. The van der Waals surface area contributed by atoms with Gasteiger partial charge in [0.25, 0.3) is 0 Å². The third-order valence-corrected chi connectivity index (χ3v) is 2.74. The van der Waals surface area contributed by atoms with Gasteiger partial charge in [0, 0.05) is 19.2 Å². The molecule has 6 nitrogen and oxygen atoms in total. The lowest BCUT2D eigenvalue weighted by molar-refractivity contribution is -0.384. The van der Waals surface area contributed by atoms with E-state index in [4.69, 9.17) is 5.73 Å². The number of hydrogen-bond acceptors (Lipinski definition) is 5. The maximum Gasteiger partial charge on any atom is 0.311 e. The van der Waals surface area contributed by atoms with E-state index in [0.29, 0.717) is 5.82 Å². The second-order valence-electron chi connectivity index (χ2n) is 4.09. The Balaban J connectivity index is 2.26. The molecular formula is C11H14N4O2. The first kappa shape index (κ1) is 11.4. The topological polar surface area (TPSA) is 85.3 Å². The van der Waals surface area contributed by atoms with Crippen LogP contribution in [-0.4, -0.2) is 23.0 Å². The normalized spacial score (nSPS) is 15.6. The average molecular weight is 234 g/mol. The smallest absolute Gasteiger partial charge is 0.311 e. The van der Waals surface area contributed by atoms with Crippen molar-refractivity contribution < 1.29 is 4.92 Å². The number of nitrogens with two attached hydrogens (primary N) is 1. The Morgan fingerprint density at radius 1 is 1.53 bits per heavy atom. The molecule has 0 atom stereocenters. The Morgan fingerprint density at radius 3 is 2.88 bits per heavy atom. The molecule has 0 aliphatic carbocycles. The minimum absolute atomic E-state index is 0.0280. The van der Waals surface area contributed by atoms with E-state index in [1.807, 2.05) is 0 Å². The highest BCUT2D eigenvalue weighted by Crippen LogP contribution is 2.24. The minimum Gasteiger partial charge on any atom is -0.378 e. The highest BCUT2D eigenvalue weighted by molar-refractivity contribution is 5.58. The van der Waals surface area contributed by atoms with Crippen LogP contribution in [0, 0.1) is 10.1 Å². The summed E-state index contributed by atoms with van der Waals surface area (Å²) in [6.07, 6.45) is 3.15. The van der Waals surface area contributed by atoms with Gasteiger partial charge in [0.1, 0.15) is 5.82 Å². The standard InChI is InChI=1S/C11H14N4O2/c1-8-3-2-6-14(7-8)10-5-4-9(15(16)17)11(12)13-10/h3-5H,2,6-7H2,1H3,(H2,12,13). The molecule has 0 amide bonds. The van der Waals surface area contributed by atoms with Crippen LogP contribution in [-0.2, 0) is 0 Å². The fraction of sp³-hybridized carbons (Fsp3) is 0.364. The Labute approximate surface area is 98.9 Å². The summed E-state index contributed by atoms with van der Waals surface area (Å²) >= 11 is 0. The van der Waals surface area contributed by atoms with E-state index in [1.54, 1.807) is 6.07 Å². The van der Waals surface area contributed by atoms with Gasteiger partial charge in [-0.1, -0.05) is 11.6 Å². The SMILES string of the molecule is CC1=CCCN(c2ccc([N+](=O)[O-])c(N)n2)C1. The summed E-state index contributed by atoms with van der Waals surface area (Å²) in [5.41, 5.74) is 6.70. The third-order valence-electron chi connectivity index (χ3n) is 2.74. The molecule has 0 saturated carbocycles. The first-order valence-corrected chi connectivity index (χ1v) is 5.39. The van der Waals surface area contributed by atoms with Crippen LogP contribution in [0.5, 0.6) is 0 Å². The highest BCUT2D eigenvalue weighted by atomic mass is 16.6. The van der Waals surface area contributed by atoms with E-state index in [0.717, 1.165) is 19.5 Å². The Hall–Kier alpha value is -2.11. The number of anilines is 2. The molecule has 1 aromatic heterocycles. The number of nitro groups is 1. The molecular weight excluding hydrogens is 220 g/mol. The van der Waals surface area contributed by atoms with E-state index >= 15 is 0 Å². The second kappa shape index (κ2) is 4.40. The first-order chi connectivity index (χ1) is 8.08. The van der Waals surface area contributed by atoms with E-state index < -0.39 is 4.92 Å². The molecule has 1 aliphatic heterocycles. The van der Waals surface area contributed by atoms with Gasteiger partial charge in [-0.15, -0.1) is 0 Å². The van der Waals surface area contributed by atoms with E-state index in [2.05, 4.69) is 22.9 Å². The summed E-state index contributed by atoms with van der Waals surface area (Å²) < 4.78 is 0. The van der Waals surface area contributed by atoms with Crippen molar-refractivity contribution in [3.8, 4) is 0 Å². The molecule has 0 spiro atoms. The molecule has 90 valence electrons. The van der Waals surface area contributed by atoms with Crippen LogP contribution in [0.3, 0.4) is 0 Å². The van der Waals surface area contributed by atoms with Crippen molar-refractivity contribution in [3.63, 3.8) is 0 Å². The quantitative estimate of drug-likeness (QED) is 0.478. The van der Waals surface area contributed by atoms with Crippen molar-refractivity contribution in [3.05, 3.63) is 33.9 Å². The van der Waals surface area contributed by atoms with Crippen LogP contribution in [0.2, 0.25) is 0 Å². The third kappa shape index (κ3) is 2.35. The van der Waals surface area contributed by atoms with Crippen LogP contribution >= 0.6 is 0 Å². The first-order valence-electron chi connectivity index (χ1n) is 5.39. The number of hydrogen-bond donors (Lipinski definition) is 1. The molecule has 2 N–H and O–H groups in total. The lowest BCUT2D eigenvalue weighted by Gasteiger charge is -2.27. The van der Waals surface area contributed by atoms with Gasteiger partial charge in [-0.05, 0) is 19.4 Å². The Morgan fingerprint density at radius 2 is 2.29 bits per heavy atom. The predicted molar refractivity (Wildman–Crippen MR) is 65.9 cm³/mol. The fourth-order valence-corrected chi connectivity index (χ4v) is 1.89. The zero-order chi connectivity index (χ0) is 12.4. The van der Waals surface area contributed by atoms with Gasteiger partial charge in [-0.25, -0.2) is 4.98 Å². The summed E-state index contributed by atoms with van der Waals surface area (Å²) in [5, 5.41) is 10.6. The van der Waals surface area contributed by atoms with Crippen LogP contribution in [0.15, 0.2) is 23.8 Å². The highest BCUT2D eigenvalue weighted by Gasteiger charge is 2.17. The van der Waals surface area contributed by atoms with Gasteiger partial charge in [0.2, 0.25) is 5.82 Å². The lowest BCUT2D eigenvalue weighted by Crippen LogP contribution is -2.30. The maximum absolute atomic E-state index is 10.6. The average Bonchev–Trinajstić information content (AvgIpc) is 2.28. The maximum atomic E-state index is 10.6. The fourth-order valence-electron chi connectivity index (χ4n) is 1.89. The van der Waals surface area contributed by atoms with Crippen molar-refractivity contribution in [1.82, 2.24) is 4.98 Å². The molecule has 0 radical (unpaired) electrons. The summed E-state index contributed by atoms with van der Waals surface area (Å²) in [5.74, 6) is 0.667. The summed E-state index contributed by atoms with van der Waals surface area (Å²) in [7, 11) is 0. The molecule has 1 aliphatic rings. The molecule has 0 unspecified atom stereocenters. The molecule has 2 heterocycles. The molecule has 6 heteroatoms. The van der Waals surface area contributed by atoms with Crippen LogP contribution < -0.4 is 10.6 Å². The van der Waals surface area contributed by atoms with Crippen molar-refractivity contribution in [2.24, 2.45) is 0 Å². The van der Waals surface area contributed by atoms with E-state index in [1.165, 1.54) is 11.6 Å². The van der Waals surface area contributed by atoms with Crippen molar-refractivity contribution >= 4 is 17.3 Å². The van der Waals surface area contributed by atoms with Crippen molar-refractivity contribution in [2.45, 2.75) is 13.3 Å². The van der Waals surface area contributed by atoms with Crippen LogP contribution in [0.4, 0.5) is 17.3 Å². The zero-order valence-electron chi connectivity index (χ0n) is 9.59. The number of aromatic nitrogens is 1.